The van der Waals surface area contributed by atoms with Gasteiger partial charge in [-0.3, -0.25) is 0 Å². The molecule has 0 radical (unpaired) electrons. The molecule has 4 aliphatic rings. The minimum atomic E-state index is -1.29. The SMILES string of the molecule is CCCCCCC1CCC(C2CCC(CCC3CCC(C4CCC(C)CC4)C(F)C3F)CC2)C(F)C1F. The fourth-order valence-corrected chi connectivity index (χ4v) is 8.94. The van der Waals surface area contributed by atoms with E-state index in [0.29, 0.717) is 17.8 Å². The molecule has 0 N–H and O–H groups in total. The van der Waals surface area contributed by atoms with Crippen molar-refractivity contribution < 1.29 is 17.6 Å². The van der Waals surface area contributed by atoms with Gasteiger partial charge in [-0.2, -0.15) is 0 Å². The van der Waals surface area contributed by atoms with Crippen LogP contribution in [0.2, 0.25) is 0 Å². The van der Waals surface area contributed by atoms with Crippen molar-refractivity contribution in [2.24, 2.45) is 47.3 Å². The normalized spacial score (nSPS) is 45.6. The number of unbranched alkanes of at least 4 members (excludes halogenated alkanes) is 3. The van der Waals surface area contributed by atoms with E-state index in [1.165, 1.54) is 25.7 Å². The van der Waals surface area contributed by atoms with Crippen LogP contribution in [0.3, 0.4) is 0 Å². The molecule has 0 heterocycles. The molecule has 4 fully saturated rings. The second-order valence-electron chi connectivity index (χ2n) is 14.0. The van der Waals surface area contributed by atoms with Gasteiger partial charge in [-0.25, -0.2) is 17.6 Å². The molecule has 0 saturated heterocycles. The fraction of sp³-hybridized carbons (Fsp3) is 1.00. The Bertz CT molecular complexity index is 638. The van der Waals surface area contributed by atoms with Crippen molar-refractivity contribution in [3.05, 3.63) is 0 Å². The first-order valence-electron chi connectivity index (χ1n) is 16.4. The monoisotopic (exact) mass is 528 g/mol. The summed E-state index contributed by atoms with van der Waals surface area (Å²) in [5.74, 6) is 1.62. The Morgan fingerprint density at radius 1 is 0.486 bits per heavy atom. The van der Waals surface area contributed by atoms with Crippen LogP contribution in [0.1, 0.15) is 136 Å². The highest BCUT2D eigenvalue weighted by atomic mass is 19.2. The van der Waals surface area contributed by atoms with Crippen LogP contribution in [0.15, 0.2) is 0 Å². The van der Waals surface area contributed by atoms with Crippen molar-refractivity contribution in [3.8, 4) is 0 Å². The quantitative estimate of drug-likeness (QED) is 0.195. The molecule has 216 valence electrons. The predicted octanol–water partition coefficient (Wildman–Crippen LogP) is 10.8. The van der Waals surface area contributed by atoms with E-state index >= 15 is 13.2 Å². The largest absolute Gasteiger partial charge is 0.244 e. The summed E-state index contributed by atoms with van der Waals surface area (Å²) in [5, 5.41) is 0. The Morgan fingerprint density at radius 2 is 1.00 bits per heavy atom. The summed E-state index contributed by atoms with van der Waals surface area (Å²) < 4.78 is 60.4. The number of halogens is 4. The molecule has 8 unspecified atom stereocenters. The molecular formula is C33H56F4. The zero-order valence-corrected chi connectivity index (χ0v) is 23.9. The van der Waals surface area contributed by atoms with Crippen LogP contribution in [0.4, 0.5) is 17.6 Å². The minimum absolute atomic E-state index is 0.0615. The van der Waals surface area contributed by atoms with Gasteiger partial charge in [0.15, 0.2) is 0 Å². The van der Waals surface area contributed by atoms with E-state index in [0.717, 1.165) is 102 Å². The molecular weight excluding hydrogens is 472 g/mol. The van der Waals surface area contributed by atoms with Crippen molar-refractivity contribution in [2.45, 2.75) is 161 Å². The van der Waals surface area contributed by atoms with Crippen molar-refractivity contribution in [3.63, 3.8) is 0 Å². The van der Waals surface area contributed by atoms with E-state index in [9.17, 15) is 4.39 Å². The molecule has 0 nitrogen and oxygen atoms in total. The third-order valence-electron chi connectivity index (χ3n) is 11.6. The molecule has 0 amide bonds. The number of hydrogen-bond donors (Lipinski definition) is 0. The van der Waals surface area contributed by atoms with E-state index in [1.807, 2.05) is 0 Å². The van der Waals surface area contributed by atoms with Crippen LogP contribution in [0.5, 0.6) is 0 Å². The van der Waals surface area contributed by atoms with Crippen molar-refractivity contribution >= 4 is 0 Å². The van der Waals surface area contributed by atoms with E-state index in [1.54, 1.807) is 0 Å². The van der Waals surface area contributed by atoms with Gasteiger partial charge in [0.05, 0.1) is 0 Å². The van der Waals surface area contributed by atoms with Gasteiger partial charge >= 0.3 is 0 Å². The van der Waals surface area contributed by atoms with E-state index < -0.39 is 24.7 Å². The lowest BCUT2D eigenvalue weighted by molar-refractivity contribution is -0.0201. The topological polar surface area (TPSA) is 0 Å². The second-order valence-corrected chi connectivity index (χ2v) is 14.0. The molecule has 4 heteroatoms. The Morgan fingerprint density at radius 3 is 1.54 bits per heavy atom. The number of alkyl halides is 4. The maximum atomic E-state index is 15.2. The lowest BCUT2D eigenvalue weighted by atomic mass is 9.65. The molecule has 4 aliphatic carbocycles. The van der Waals surface area contributed by atoms with Crippen LogP contribution in [0, 0.1) is 47.3 Å². The summed E-state index contributed by atoms with van der Waals surface area (Å²) in [6.07, 6.45) is 14.0. The maximum Gasteiger partial charge on any atom is 0.134 e. The number of rotatable bonds is 10. The predicted molar refractivity (Wildman–Crippen MR) is 147 cm³/mol. The number of hydrogen-bond acceptors (Lipinski definition) is 0. The molecule has 4 saturated carbocycles. The van der Waals surface area contributed by atoms with Gasteiger partial charge in [0.1, 0.15) is 24.7 Å². The summed E-state index contributed by atoms with van der Waals surface area (Å²) in [4.78, 5) is 0. The van der Waals surface area contributed by atoms with Crippen LogP contribution >= 0.6 is 0 Å². The zero-order chi connectivity index (χ0) is 26.4. The fourth-order valence-electron chi connectivity index (χ4n) is 8.94. The van der Waals surface area contributed by atoms with Crippen LogP contribution in [-0.2, 0) is 0 Å². The van der Waals surface area contributed by atoms with Gasteiger partial charge in [-0.15, -0.1) is 0 Å². The Kier molecular flexibility index (Phi) is 11.5. The Labute approximate surface area is 225 Å². The zero-order valence-electron chi connectivity index (χ0n) is 23.9. The minimum Gasteiger partial charge on any atom is -0.244 e. The summed E-state index contributed by atoms with van der Waals surface area (Å²) >= 11 is 0. The highest BCUT2D eigenvalue weighted by Gasteiger charge is 2.45. The lowest BCUT2D eigenvalue weighted by Gasteiger charge is -2.42. The molecule has 8 atom stereocenters. The Hall–Kier alpha value is -0.280. The summed E-state index contributed by atoms with van der Waals surface area (Å²) in [6, 6.07) is 0. The standard InChI is InChI=1S/C33H56F4/c1-3-4-5-6-7-26-18-20-29(32(36)30(26)34)25-15-10-23(11-16-25)12-17-27-19-21-28(33(37)31(27)35)24-13-8-22(2)9-14-24/h22-33H,3-21H2,1-2H3. The molecule has 0 aliphatic heterocycles. The van der Waals surface area contributed by atoms with E-state index in [-0.39, 0.29) is 23.7 Å². The molecule has 0 bridgehead atoms. The molecule has 0 aromatic heterocycles. The van der Waals surface area contributed by atoms with Gasteiger partial charge in [0.25, 0.3) is 0 Å². The first-order valence-corrected chi connectivity index (χ1v) is 16.4. The average Bonchev–Trinajstić information content (AvgIpc) is 2.91. The summed E-state index contributed by atoms with van der Waals surface area (Å²) in [7, 11) is 0. The van der Waals surface area contributed by atoms with Crippen molar-refractivity contribution in [2.75, 3.05) is 0 Å². The van der Waals surface area contributed by atoms with Gasteiger partial charge in [0.2, 0.25) is 0 Å². The molecule has 0 spiro atoms. The summed E-state index contributed by atoms with van der Waals surface area (Å²) in [5.41, 5.74) is 0. The smallest absolute Gasteiger partial charge is 0.134 e. The Balaban J connectivity index is 1.15. The molecule has 0 aromatic rings. The van der Waals surface area contributed by atoms with Gasteiger partial charge in [-0.05, 0) is 112 Å². The van der Waals surface area contributed by atoms with Crippen LogP contribution < -0.4 is 0 Å². The first kappa shape index (κ1) is 29.7. The molecule has 37 heavy (non-hydrogen) atoms. The van der Waals surface area contributed by atoms with Crippen molar-refractivity contribution in [1.29, 1.82) is 0 Å². The van der Waals surface area contributed by atoms with Crippen LogP contribution in [-0.4, -0.2) is 24.7 Å². The van der Waals surface area contributed by atoms with Gasteiger partial charge < -0.3 is 0 Å². The van der Waals surface area contributed by atoms with Gasteiger partial charge in [-0.1, -0.05) is 71.6 Å². The third kappa shape index (κ3) is 7.68. The van der Waals surface area contributed by atoms with Gasteiger partial charge in [0, 0.05) is 0 Å². The second kappa shape index (κ2) is 14.4. The maximum absolute atomic E-state index is 15.2. The highest BCUT2D eigenvalue weighted by Crippen LogP contribution is 2.47. The van der Waals surface area contributed by atoms with E-state index in [2.05, 4.69) is 13.8 Å². The molecule has 0 aromatic carbocycles. The summed E-state index contributed by atoms with van der Waals surface area (Å²) in [6.45, 7) is 4.45. The average molecular weight is 529 g/mol. The molecule has 4 rings (SSSR count). The van der Waals surface area contributed by atoms with E-state index in [4.69, 9.17) is 0 Å². The first-order chi connectivity index (χ1) is 17.9. The third-order valence-corrected chi connectivity index (χ3v) is 11.6. The van der Waals surface area contributed by atoms with Crippen molar-refractivity contribution in [1.82, 2.24) is 0 Å². The lowest BCUT2D eigenvalue weighted by Crippen LogP contribution is -2.42. The van der Waals surface area contributed by atoms with Crippen LogP contribution in [0.25, 0.3) is 0 Å². The highest BCUT2D eigenvalue weighted by molar-refractivity contribution is 4.94.